The van der Waals surface area contributed by atoms with E-state index < -0.39 is 0 Å². The van der Waals surface area contributed by atoms with Gasteiger partial charge in [0.2, 0.25) is 0 Å². The first kappa shape index (κ1) is 13.5. The molecule has 1 aliphatic carbocycles. The number of hydrogen-bond donors (Lipinski definition) is 1. The normalized spacial score (nSPS) is 24.7. The lowest BCUT2D eigenvalue weighted by molar-refractivity contribution is 0.175. The van der Waals surface area contributed by atoms with E-state index in [9.17, 15) is 0 Å². The molecule has 1 N–H and O–H groups in total. The smallest absolute Gasteiger partial charge is 0.110 e. The molecule has 1 aliphatic heterocycles. The van der Waals surface area contributed by atoms with Crippen molar-refractivity contribution in [2.75, 3.05) is 13.2 Å². The predicted molar refractivity (Wildman–Crippen MR) is 78.7 cm³/mol. The number of thiazole rings is 1. The van der Waals surface area contributed by atoms with Gasteiger partial charge >= 0.3 is 0 Å². The minimum Gasteiger partial charge on any atom is -0.381 e. The van der Waals surface area contributed by atoms with E-state index >= 15 is 0 Å². The highest BCUT2D eigenvalue weighted by Gasteiger charge is 2.30. The number of nitrogens with zero attached hydrogens (tertiary/aromatic N) is 1. The van der Waals surface area contributed by atoms with Gasteiger partial charge in [0.15, 0.2) is 0 Å². The summed E-state index contributed by atoms with van der Waals surface area (Å²) in [7, 11) is 0. The first-order chi connectivity index (χ1) is 9.24. The van der Waals surface area contributed by atoms with Crippen LogP contribution < -0.4 is 5.32 Å². The summed E-state index contributed by atoms with van der Waals surface area (Å²) in [5, 5.41) is 5.02. The lowest BCUT2D eigenvalue weighted by Gasteiger charge is -2.24. The van der Waals surface area contributed by atoms with E-state index in [1.807, 2.05) is 11.3 Å². The van der Waals surface area contributed by atoms with E-state index in [1.165, 1.54) is 41.3 Å². The third-order valence-electron chi connectivity index (χ3n) is 4.08. The Hall–Kier alpha value is -0.450. The van der Waals surface area contributed by atoms with Crippen molar-refractivity contribution >= 4 is 11.3 Å². The lowest BCUT2D eigenvalue weighted by Crippen LogP contribution is -2.33. The highest BCUT2D eigenvalue weighted by atomic mass is 32.1. The van der Waals surface area contributed by atoms with Crippen molar-refractivity contribution < 1.29 is 4.74 Å². The highest BCUT2D eigenvalue weighted by molar-refractivity contribution is 7.11. The van der Waals surface area contributed by atoms with Crippen LogP contribution in [0.3, 0.4) is 0 Å². The average molecular weight is 280 g/mol. The molecule has 1 saturated heterocycles. The van der Waals surface area contributed by atoms with E-state index in [2.05, 4.69) is 19.2 Å². The van der Waals surface area contributed by atoms with Crippen molar-refractivity contribution in [3.8, 4) is 0 Å². The third-order valence-corrected chi connectivity index (χ3v) is 5.32. The van der Waals surface area contributed by atoms with Gasteiger partial charge in [-0.15, -0.1) is 11.3 Å². The zero-order valence-corrected chi connectivity index (χ0v) is 12.8. The molecule has 2 atom stereocenters. The number of nitrogens with one attached hydrogen (secondary N) is 1. The fraction of sp³-hybridized carbons (Fsp3) is 0.800. The Morgan fingerprint density at radius 3 is 2.84 bits per heavy atom. The van der Waals surface area contributed by atoms with Crippen molar-refractivity contribution in [3.63, 3.8) is 0 Å². The van der Waals surface area contributed by atoms with Gasteiger partial charge in [-0.05, 0) is 32.1 Å². The maximum absolute atomic E-state index is 5.58. The average Bonchev–Trinajstić information content (AvgIpc) is 3.04. The molecule has 2 unspecified atom stereocenters. The van der Waals surface area contributed by atoms with Gasteiger partial charge in [0.05, 0.1) is 18.3 Å². The fourth-order valence-corrected chi connectivity index (χ4v) is 4.40. The van der Waals surface area contributed by atoms with Crippen LogP contribution >= 0.6 is 11.3 Å². The van der Waals surface area contributed by atoms with Crippen molar-refractivity contribution in [3.05, 3.63) is 15.6 Å². The van der Waals surface area contributed by atoms with Gasteiger partial charge in [-0.2, -0.15) is 0 Å². The molecular weight excluding hydrogens is 256 g/mol. The summed E-state index contributed by atoms with van der Waals surface area (Å²) >= 11 is 1.94. The maximum atomic E-state index is 5.58. The van der Waals surface area contributed by atoms with Gasteiger partial charge in [-0.25, -0.2) is 4.98 Å². The molecule has 3 rings (SSSR count). The summed E-state index contributed by atoms with van der Waals surface area (Å²) in [6, 6.07) is 0.879. The second-order valence-corrected chi connectivity index (χ2v) is 7.17. The second-order valence-electron chi connectivity index (χ2n) is 6.05. The topological polar surface area (TPSA) is 34.2 Å². The van der Waals surface area contributed by atoms with Crippen LogP contribution in [0.15, 0.2) is 0 Å². The van der Waals surface area contributed by atoms with Crippen molar-refractivity contribution in [2.45, 2.75) is 58.0 Å². The number of rotatable bonds is 4. The molecular formula is C15H24N2OS. The molecule has 106 valence electrons. The van der Waals surface area contributed by atoms with Crippen LogP contribution in [-0.2, 0) is 17.6 Å². The van der Waals surface area contributed by atoms with Gasteiger partial charge in [0.1, 0.15) is 5.01 Å². The van der Waals surface area contributed by atoms with Crippen LogP contribution in [0.2, 0.25) is 0 Å². The van der Waals surface area contributed by atoms with Crippen LogP contribution in [0, 0.1) is 5.92 Å². The van der Waals surface area contributed by atoms with E-state index in [0.29, 0.717) is 18.0 Å². The van der Waals surface area contributed by atoms with Crippen molar-refractivity contribution in [2.24, 2.45) is 5.92 Å². The molecule has 0 saturated carbocycles. The Morgan fingerprint density at radius 2 is 2.16 bits per heavy atom. The largest absolute Gasteiger partial charge is 0.381 e. The molecule has 0 aromatic carbocycles. The highest BCUT2D eigenvalue weighted by Crippen LogP contribution is 2.35. The van der Waals surface area contributed by atoms with Gasteiger partial charge < -0.3 is 10.1 Å². The van der Waals surface area contributed by atoms with E-state index in [-0.39, 0.29) is 0 Å². The molecule has 3 nitrogen and oxygen atoms in total. The van der Waals surface area contributed by atoms with Crippen molar-refractivity contribution in [1.29, 1.82) is 0 Å². The summed E-state index contributed by atoms with van der Waals surface area (Å²) in [4.78, 5) is 6.49. The Kier molecular flexibility index (Phi) is 4.20. The van der Waals surface area contributed by atoms with Crippen LogP contribution in [-0.4, -0.2) is 24.2 Å². The third kappa shape index (κ3) is 3.01. The molecule has 0 amide bonds. The molecule has 1 fully saturated rings. The summed E-state index contributed by atoms with van der Waals surface area (Å²) < 4.78 is 5.58. The predicted octanol–water partition coefficient (Wildman–Crippen LogP) is 3.10. The molecule has 0 bridgehead atoms. The Labute approximate surface area is 119 Å². The molecule has 0 radical (unpaired) electrons. The van der Waals surface area contributed by atoms with E-state index in [4.69, 9.17) is 9.72 Å². The molecule has 1 aromatic rings. The zero-order chi connectivity index (χ0) is 13.2. The first-order valence-corrected chi connectivity index (χ1v) is 8.38. The molecule has 2 aliphatic rings. The number of aryl methyl sites for hydroxylation is 2. The minimum atomic E-state index is 0.387. The molecule has 4 heteroatoms. The standard InChI is InChI=1S/C15H24N2OS/c1-10(2)16-14(11-7-8-18-9-11)15-17-12-5-3-4-6-13(12)19-15/h10-11,14,16H,3-9H2,1-2H3. The summed E-state index contributed by atoms with van der Waals surface area (Å²) in [5.41, 5.74) is 1.38. The molecule has 19 heavy (non-hydrogen) atoms. The monoisotopic (exact) mass is 280 g/mol. The quantitative estimate of drug-likeness (QED) is 0.920. The summed E-state index contributed by atoms with van der Waals surface area (Å²) in [6.07, 6.45) is 6.23. The van der Waals surface area contributed by atoms with Crippen molar-refractivity contribution in [1.82, 2.24) is 10.3 Å². The van der Waals surface area contributed by atoms with Crippen LogP contribution in [0.1, 0.15) is 54.7 Å². The number of fused-ring (bicyclic) bond motifs is 1. The van der Waals surface area contributed by atoms with Crippen LogP contribution in [0.5, 0.6) is 0 Å². The van der Waals surface area contributed by atoms with Crippen LogP contribution in [0.25, 0.3) is 0 Å². The summed E-state index contributed by atoms with van der Waals surface area (Å²) in [6.45, 7) is 6.23. The van der Waals surface area contributed by atoms with Gasteiger partial charge in [-0.1, -0.05) is 13.8 Å². The van der Waals surface area contributed by atoms with Gasteiger partial charge in [0, 0.05) is 23.4 Å². The van der Waals surface area contributed by atoms with E-state index in [0.717, 1.165) is 19.6 Å². The summed E-state index contributed by atoms with van der Waals surface area (Å²) in [5.74, 6) is 0.593. The lowest BCUT2D eigenvalue weighted by atomic mass is 9.98. The number of aromatic nitrogens is 1. The van der Waals surface area contributed by atoms with E-state index in [1.54, 1.807) is 0 Å². The van der Waals surface area contributed by atoms with Gasteiger partial charge in [-0.3, -0.25) is 0 Å². The van der Waals surface area contributed by atoms with Crippen LogP contribution in [0.4, 0.5) is 0 Å². The molecule has 1 aromatic heterocycles. The second kappa shape index (κ2) is 5.90. The Balaban J connectivity index is 1.83. The zero-order valence-electron chi connectivity index (χ0n) is 11.9. The Bertz CT molecular complexity index is 400. The fourth-order valence-electron chi connectivity index (χ4n) is 3.09. The number of hydrogen-bond acceptors (Lipinski definition) is 4. The Morgan fingerprint density at radius 1 is 1.32 bits per heavy atom. The number of ether oxygens (including phenoxy) is 1. The first-order valence-electron chi connectivity index (χ1n) is 7.56. The molecule has 0 spiro atoms. The minimum absolute atomic E-state index is 0.387. The maximum Gasteiger partial charge on any atom is 0.110 e. The SMILES string of the molecule is CC(C)NC(c1nc2c(s1)CCCC2)C1CCOC1. The van der Waals surface area contributed by atoms with Gasteiger partial charge in [0.25, 0.3) is 0 Å². The molecule has 2 heterocycles.